The Morgan fingerprint density at radius 1 is 1.44 bits per heavy atom. The lowest BCUT2D eigenvalue weighted by Crippen LogP contribution is -2.44. The number of methoxy groups -OCH3 is 2. The quantitative estimate of drug-likeness (QED) is 0.893. The molecule has 1 aliphatic heterocycles. The van der Waals surface area contributed by atoms with Gasteiger partial charge < -0.3 is 19.3 Å². The molecule has 1 N–H and O–H groups in total. The highest BCUT2D eigenvalue weighted by molar-refractivity contribution is 5.43. The number of fused-ring (bicyclic) bond motifs is 1. The summed E-state index contributed by atoms with van der Waals surface area (Å²) in [7, 11) is 3.26. The topological polar surface area (TPSA) is 47.9 Å². The summed E-state index contributed by atoms with van der Waals surface area (Å²) < 4.78 is 16.4. The monoisotopic (exact) mass is 252 g/mol. The van der Waals surface area contributed by atoms with E-state index >= 15 is 0 Å². The molecule has 0 saturated carbocycles. The van der Waals surface area contributed by atoms with Gasteiger partial charge in [-0.15, -0.1) is 0 Å². The molecule has 100 valence electrons. The first-order chi connectivity index (χ1) is 8.64. The molecule has 0 saturated heterocycles. The van der Waals surface area contributed by atoms with E-state index in [9.17, 15) is 5.11 Å². The molecule has 0 bridgehead atoms. The van der Waals surface area contributed by atoms with Crippen molar-refractivity contribution in [2.24, 2.45) is 0 Å². The van der Waals surface area contributed by atoms with E-state index in [1.807, 2.05) is 25.1 Å². The lowest BCUT2D eigenvalue weighted by atomic mass is 9.87. The Morgan fingerprint density at radius 3 is 2.83 bits per heavy atom. The highest BCUT2D eigenvalue weighted by Gasteiger charge is 2.39. The van der Waals surface area contributed by atoms with Crippen LogP contribution in [-0.4, -0.2) is 31.5 Å². The Labute approximate surface area is 107 Å². The third-order valence-electron chi connectivity index (χ3n) is 3.52. The van der Waals surface area contributed by atoms with Crippen molar-refractivity contribution in [1.82, 2.24) is 0 Å². The van der Waals surface area contributed by atoms with Gasteiger partial charge in [0.25, 0.3) is 0 Å². The standard InChI is InChI=1S/C14H20O4/c1-4-14(9-16-2)8-12(15)11-7-10(17-3)5-6-13(11)18-14/h5-7,12,15H,4,8-9H2,1-3H3/t12-,14?/m1/s1. The molecule has 0 amide bonds. The van der Waals surface area contributed by atoms with Crippen LogP contribution in [0.1, 0.15) is 31.4 Å². The summed E-state index contributed by atoms with van der Waals surface area (Å²) in [6.45, 7) is 2.52. The van der Waals surface area contributed by atoms with Gasteiger partial charge in [0.05, 0.1) is 19.8 Å². The molecular weight excluding hydrogens is 232 g/mol. The molecule has 0 fully saturated rings. The van der Waals surface area contributed by atoms with Gasteiger partial charge in [-0.05, 0) is 24.6 Å². The molecule has 1 aliphatic rings. The molecule has 2 atom stereocenters. The number of benzene rings is 1. The minimum atomic E-state index is -0.543. The van der Waals surface area contributed by atoms with Gasteiger partial charge in [-0.25, -0.2) is 0 Å². The highest BCUT2D eigenvalue weighted by atomic mass is 16.5. The number of rotatable bonds is 4. The lowest BCUT2D eigenvalue weighted by Gasteiger charge is -2.39. The fourth-order valence-electron chi connectivity index (χ4n) is 2.41. The van der Waals surface area contributed by atoms with E-state index in [2.05, 4.69) is 0 Å². The van der Waals surface area contributed by atoms with Gasteiger partial charge in [0.1, 0.15) is 17.1 Å². The van der Waals surface area contributed by atoms with Gasteiger partial charge in [0.2, 0.25) is 0 Å². The molecule has 1 aromatic carbocycles. The predicted octanol–water partition coefficient (Wildman–Crippen LogP) is 2.31. The molecule has 1 unspecified atom stereocenters. The molecule has 1 heterocycles. The average Bonchev–Trinajstić information content (AvgIpc) is 2.39. The van der Waals surface area contributed by atoms with Crippen LogP contribution in [0.3, 0.4) is 0 Å². The highest BCUT2D eigenvalue weighted by Crippen LogP contribution is 2.42. The van der Waals surface area contributed by atoms with Crippen molar-refractivity contribution in [1.29, 1.82) is 0 Å². The molecule has 2 rings (SSSR count). The number of aliphatic hydroxyl groups is 1. The van der Waals surface area contributed by atoms with Crippen molar-refractivity contribution >= 4 is 0 Å². The second-order valence-corrected chi connectivity index (χ2v) is 4.70. The van der Waals surface area contributed by atoms with E-state index in [0.29, 0.717) is 18.8 Å². The molecule has 4 nitrogen and oxygen atoms in total. The molecule has 0 radical (unpaired) electrons. The smallest absolute Gasteiger partial charge is 0.135 e. The van der Waals surface area contributed by atoms with Crippen LogP contribution in [0.4, 0.5) is 0 Å². The molecular formula is C14H20O4. The Morgan fingerprint density at radius 2 is 2.22 bits per heavy atom. The van der Waals surface area contributed by atoms with Crippen LogP contribution < -0.4 is 9.47 Å². The second-order valence-electron chi connectivity index (χ2n) is 4.70. The predicted molar refractivity (Wildman–Crippen MR) is 68.1 cm³/mol. The zero-order chi connectivity index (χ0) is 13.2. The number of aliphatic hydroxyl groups excluding tert-OH is 1. The van der Waals surface area contributed by atoms with Crippen LogP contribution in [0.25, 0.3) is 0 Å². The molecule has 0 aliphatic carbocycles. The fourth-order valence-corrected chi connectivity index (χ4v) is 2.41. The van der Waals surface area contributed by atoms with Crippen LogP contribution in [0.15, 0.2) is 18.2 Å². The van der Waals surface area contributed by atoms with Gasteiger partial charge in [0.15, 0.2) is 0 Å². The van der Waals surface area contributed by atoms with Crippen molar-refractivity contribution < 1.29 is 19.3 Å². The zero-order valence-corrected chi connectivity index (χ0v) is 11.1. The first-order valence-electron chi connectivity index (χ1n) is 6.18. The maximum absolute atomic E-state index is 10.3. The van der Waals surface area contributed by atoms with Crippen LogP contribution in [0.5, 0.6) is 11.5 Å². The van der Waals surface area contributed by atoms with E-state index in [1.165, 1.54) is 0 Å². The minimum absolute atomic E-state index is 0.435. The molecule has 18 heavy (non-hydrogen) atoms. The molecule has 0 spiro atoms. The summed E-state index contributed by atoms with van der Waals surface area (Å²) in [6.07, 6.45) is 0.792. The van der Waals surface area contributed by atoms with Crippen molar-refractivity contribution in [3.8, 4) is 11.5 Å². The van der Waals surface area contributed by atoms with Crippen LogP contribution in [0.2, 0.25) is 0 Å². The van der Waals surface area contributed by atoms with Gasteiger partial charge in [-0.1, -0.05) is 6.92 Å². The lowest BCUT2D eigenvalue weighted by molar-refractivity contribution is -0.0626. The van der Waals surface area contributed by atoms with Gasteiger partial charge in [0, 0.05) is 19.1 Å². The fraction of sp³-hybridized carbons (Fsp3) is 0.571. The van der Waals surface area contributed by atoms with Gasteiger partial charge in [-0.3, -0.25) is 0 Å². The Balaban J connectivity index is 2.33. The van der Waals surface area contributed by atoms with E-state index in [1.54, 1.807) is 14.2 Å². The Kier molecular flexibility index (Phi) is 3.78. The second kappa shape index (κ2) is 5.16. The van der Waals surface area contributed by atoms with Crippen molar-refractivity contribution in [3.63, 3.8) is 0 Å². The Bertz CT molecular complexity index is 418. The van der Waals surface area contributed by atoms with Gasteiger partial charge >= 0.3 is 0 Å². The summed E-state index contributed by atoms with van der Waals surface area (Å²) in [6, 6.07) is 5.51. The molecule has 4 heteroatoms. The average molecular weight is 252 g/mol. The third-order valence-corrected chi connectivity index (χ3v) is 3.52. The van der Waals surface area contributed by atoms with E-state index in [0.717, 1.165) is 17.7 Å². The zero-order valence-electron chi connectivity index (χ0n) is 11.1. The van der Waals surface area contributed by atoms with Crippen LogP contribution >= 0.6 is 0 Å². The number of hydrogen-bond acceptors (Lipinski definition) is 4. The Hall–Kier alpha value is -1.26. The van der Waals surface area contributed by atoms with Crippen molar-refractivity contribution in [3.05, 3.63) is 23.8 Å². The summed E-state index contributed by atoms with van der Waals surface area (Å²) in [5, 5.41) is 10.3. The maximum Gasteiger partial charge on any atom is 0.135 e. The number of ether oxygens (including phenoxy) is 3. The minimum Gasteiger partial charge on any atom is -0.497 e. The molecule has 0 aromatic heterocycles. The summed E-state index contributed by atoms with van der Waals surface area (Å²) >= 11 is 0. The third kappa shape index (κ3) is 2.31. The van der Waals surface area contributed by atoms with Crippen LogP contribution in [0, 0.1) is 0 Å². The SMILES string of the molecule is CCC1(COC)C[C@@H](O)c2cc(OC)ccc2O1. The van der Waals surface area contributed by atoms with E-state index < -0.39 is 11.7 Å². The van der Waals surface area contributed by atoms with Gasteiger partial charge in [-0.2, -0.15) is 0 Å². The van der Waals surface area contributed by atoms with Crippen LogP contribution in [-0.2, 0) is 4.74 Å². The maximum atomic E-state index is 10.3. The molecule has 1 aromatic rings. The summed E-state index contributed by atoms with van der Waals surface area (Å²) in [5.74, 6) is 1.44. The first-order valence-corrected chi connectivity index (χ1v) is 6.18. The van der Waals surface area contributed by atoms with E-state index in [4.69, 9.17) is 14.2 Å². The first kappa shape index (κ1) is 13.2. The van der Waals surface area contributed by atoms with Crippen molar-refractivity contribution in [2.45, 2.75) is 31.5 Å². The largest absolute Gasteiger partial charge is 0.497 e. The van der Waals surface area contributed by atoms with Crippen molar-refractivity contribution in [2.75, 3.05) is 20.8 Å². The number of hydrogen-bond donors (Lipinski definition) is 1. The summed E-state index contributed by atoms with van der Waals surface area (Å²) in [4.78, 5) is 0. The summed E-state index contributed by atoms with van der Waals surface area (Å²) in [5.41, 5.74) is 0.352. The van der Waals surface area contributed by atoms with E-state index in [-0.39, 0.29) is 0 Å². The normalized spacial score (nSPS) is 26.3.